The van der Waals surface area contributed by atoms with Crippen LogP contribution in [0.4, 0.5) is 0 Å². The van der Waals surface area contributed by atoms with Crippen LogP contribution in [0.25, 0.3) is 0 Å². The maximum absolute atomic E-state index is 11.6. The normalized spacial score (nSPS) is 48.5. The lowest BCUT2D eigenvalue weighted by Crippen LogP contribution is -2.50. The Morgan fingerprint density at radius 3 is 2.69 bits per heavy atom. The molecule has 0 aromatic carbocycles. The molecule has 0 aromatic rings. The number of rotatable bonds is 1. The van der Waals surface area contributed by atoms with Crippen molar-refractivity contribution in [2.45, 2.75) is 38.4 Å². The molecule has 2 rings (SSSR count). The zero-order valence-corrected chi connectivity index (χ0v) is 7.79. The molecule has 72 valence electrons. The fourth-order valence-corrected chi connectivity index (χ4v) is 2.19. The molecule has 13 heavy (non-hydrogen) atoms. The lowest BCUT2D eigenvalue weighted by molar-refractivity contribution is -0.141. The van der Waals surface area contributed by atoms with Gasteiger partial charge in [-0.1, -0.05) is 0 Å². The molecule has 4 heteroatoms. The number of carbonyl (C=O) groups is 2. The van der Waals surface area contributed by atoms with E-state index in [4.69, 9.17) is 10.5 Å². The standard InChI is InChI=1S/C9H13NO3/c1-8-4-3-5(11)9(2,7(10)12)6(8)13-8/h6H,3-4H2,1-2H3,(H2,10,12). The Morgan fingerprint density at radius 1 is 1.62 bits per heavy atom. The van der Waals surface area contributed by atoms with Crippen molar-refractivity contribution in [3.05, 3.63) is 0 Å². The van der Waals surface area contributed by atoms with Crippen LogP contribution < -0.4 is 5.73 Å². The van der Waals surface area contributed by atoms with Crippen molar-refractivity contribution in [3.8, 4) is 0 Å². The van der Waals surface area contributed by atoms with Crippen LogP contribution in [0.3, 0.4) is 0 Å². The number of hydrogen-bond acceptors (Lipinski definition) is 3. The van der Waals surface area contributed by atoms with Gasteiger partial charge in [-0.3, -0.25) is 9.59 Å². The van der Waals surface area contributed by atoms with Crippen LogP contribution in [0.1, 0.15) is 26.7 Å². The average molecular weight is 183 g/mol. The third kappa shape index (κ3) is 0.892. The van der Waals surface area contributed by atoms with E-state index in [0.717, 1.165) is 0 Å². The van der Waals surface area contributed by atoms with Crippen molar-refractivity contribution in [1.29, 1.82) is 0 Å². The second-order valence-corrected chi connectivity index (χ2v) is 4.30. The Bertz CT molecular complexity index is 301. The highest BCUT2D eigenvalue weighted by Gasteiger charge is 2.68. The first-order valence-electron chi connectivity index (χ1n) is 4.42. The van der Waals surface area contributed by atoms with Gasteiger partial charge >= 0.3 is 0 Å². The number of hydrogen-bond donors (Lipinski definition) is 1. The van der Waals surface area contributed by atoms with Crippen LogP contribution in [0.15, 0.2) is 0 Å². The van der Waals surface area contributed by atoms with Gasteiger partial charge < -0.3 is 10.5 Å². The first-order valence-corrected chi connectivity index (χ1v) is 4.42. The molecule has 1 heterocycles. The number of ketones is 1. The quantitative estimate of drug-likeness (QED) is 0.459. The summed E-state index contributed by atoms with van der Waals surface area (Å²) >= 11 is 0. The summed E-state index contributed by atoms with van der Waals surface area (Å²) in [7, 11) is 0. The number of amides is 1. The van der Waals surface area contributed by atoms with E-state index < -0.39 is 11.3 Å². The van der Waals surface area contributed by atoms with Crippen molar-refractivity contribution < 1.29 is 14.3 Å². The Kier molecular flexibility index (Phi) is 1.42. The van der Waals surface area contributed by atoms with Crippen LogP contribution in [0.2, 0.25) is 0 Å². The first-order chi connectivity index (χ1) is 5.91. The molecular formula is C9H13NO3. The minimum Gasteiger partial charge on any atom is -0.369 e. The molecule has 0 spiro atoms. The second kappa shape index (κ2) is 2.12. The van der Waals surface area contributed by atoms with Crippen LogP contribution in [0, 0.1) is 5.41 Å². The fraction of sp³-hybridized carbons (Fsp3) is 0.778. The predicted molar refractivity (Wildman–Crippen MR) is 44.8 cm³/mol. The Labute approximate surface area is 76.4 Å². The lowest BCUT2D eigenvalue weighted by atomic mass is 9.70. The molecule has 4 nitrogen and oxygen atoms in total. The van der Waals surface area contributed by atoms with E-state index in [1.165, 1.54) is 0 Å². The molecule has 1 saturated carbocycles. The highest BCUT2D eigenvalue weighted by Crippen LogP contribution is 2.54. The van der Waals surface area contributed by atoms with Gasteiger partial charge in [0.25, 0.3) is 0 Å². The molecule has 1 saturated heterocycles. The molecular weight excluding hydrogens is 170 g/mol. The Balaban J connectivity index is 2.36. The summed E-state index contributed by atoms with van der Waals surface area (Å²) in [5.41, 5.74) is 3.86. The molecule has 2 aliphatic rings. The summed E-state index contributed by atoms with van der Waals surface area (Å²) in [4.78, 5) is 22.7. The second-order valence-electron chi connectivity index (χ2n) is 4.30. The molecule has 0 bridgehead atoms. The van der Waals surface area contributed by atoms with E-state index in [2.05, 4.69) is 0 Å². The van der Waals surface area contributed by atoms with Crippen molar-refractivity contribution in [2.75, 3.05) is 0 Å². The largest absolute Gasteiger partial charge is 0.369 e. The van der Waals surface area contributed by atoms with Crippen molar-refractivity contribution in [2.24, 2.45) is 11.1 Å². The molecule has 3 unspecified atom stereocenters. The summed E-state index contributed by atoms with van der Waals surface area (Å²) in [5, 5.41) is 0. The van der Waals surface area contributed by atoms with E-state index >= 15 is 0 Å². The van der Waals surface area contributed by atoms with E-state index in [1.54, 1.807) is 6.92 Å². The molecule has 3 atom stereocenters. The smallest absolute Gasteiger partial charge is 0.233 e. The molecule has 1 aliphatic carbocycles. The number of ether oxygens (including phenoxy) is 1. The van der Waals surface area contributed by atoms with Crippen LogP contribution in [-0.2, 0) is 14.3 Å². The van der Waals surface area contributed by atoms with Gasteiger partial charge in [-0.25, -0.2) is 0 Å². The summed E-state index contributed by atoms with van der Waals surface area (Å²) in [6.45, 7) is 3.51. The third-order valence-electron chi connectivity index (χ3n) is 3.35. The van der Waals surface area contributed by atoms with Crippen molar-refractivity contribution >= 4 is 11.7 Å². The minimum absolute atomic E-state index is 0.0834. The molecule has 0 aromatic heterocycles. The Hall–Kier alpha value is -0.900. The van der Waals surface area contributed by atoms with E-state index in [1.807, 2.05) is 6.92 Å². The average Bonchev–Trinajstić information content (AvgIpc) is 2.72. The van der Waals surface area contributed by atoms with E-state index in [9.17, 15) is 9.59 Å². The predicted octanol–water partition coefficient (Wildman–Crippen LogP) is -0.00160. The summed E-state index contributed by atoms with van der Waals surface area (Å²) in [6.07, 6.45) is 0.810. The number of primary amides is 1. The highest BCUT2D eigenvalue weighted by atomic mass is 16.6. The van der Waals surface area contributed by atoms with E-state index in [-0.39, 0.29) is 17.5 Å². The number of nitrogens with two attached hydrogens (primary N) is 1. The zero-order valence-electron chi connectivity index (χ0n) is 7.79. The van der Waals surface area contributed by atoms with Gasteiger partial charge in [-0.2, -0.15) is 0 Å². The number of Topliss-reactive ketones (excluding diaryl/α,β-unsaturated/α-hetero) is 1. The maximum atomic E-state index is 11.6. The zero-order chi connectivity index (χ0) is 9.85. The van der Waals surface area contributed by atoms with Gasteiger partial charge in [0.2, 0.25) is 5.91 Å². The SMILES string of the molecule is CC12CCC(=O)C(C)(C(N)=O)C1O2. The van der Waals surface area contributed by atoms with Gasteiger partial charge in [-0.15, -0.1) is 0 Å². The fourth-order valence-electron chi connectivity index (χ4n) is 2.19. The summed E-state index contributed by atoms with van der Waals surface area (Å²) < 4.78 is 5.39. The van der Waals surface area contributed by atoms with Gasteiger partial charge in [0.1, 0.15) is 11.5 Å². The molecule has 1 aliphatic heterocycles. The van der Waals surface area contributed by atoms with Crippen molar-refractivity contribution in [1.82, 2.24) is 0 Å². The number of fused-ring (bicyclic) bond motifs is 1. The first kappa shape index (κ1) is 8.69. The number of epoxide rings is 1. The molecule has 1 amide bonds. The highest BCUT2D eigenvalue weighted by molar-refractivity contribution is 6.07. The van der Waals surface area contributed by atoms with Crippen LogP contribution >= 0.6 is 0 Å². The van der Waals surface area contributed by atoms with Crippen LogP contribution in [0.5, 0.6) is 0 Å². The molecule has 2 N–H and O–H groups in total. The maximum Gasteiger partial charge on any atom is 0.233 e. The molecule has 0 radical (unpaired) electrons. The van der Waals surface area contributed by atoms with Gasteiger partial charge in [0.05, 0.1) is 5.60 Å². The lowest BCUT2D eigenvalue weighted by Gasteiger charge is -2.27. The number of carbonyl (C=O) groups excluding carboxylic acids is 2. The summed E-state index contributed by atoms with van der Waals surface area (Å²) in [5.74, 6) is -0.647. The van der Waals surface area contributed by atoms with Gasteiger partial charge in [0, 0.05) is 6.42 Å². The van der Waals surface area contributed by atoms with Gasteiger partial charge in [0.15, 0.2) is 5.78 Å². The third-order valence-corrected chi connectivity index (χ3v) is 3.35. The van der Waals surface area contributed by atoms with Gasteiger partial charge in [-0.05, 0) is 20.3 Å². The van der Waals surface area contributed by atoms with Crippen LogP contribution in [-0.4, -0.2) is 23.4 Å². The minimum atomic E-state index is -1.09. The summed E-state index contributed by atoms with van der Waals surface area (Å²) in [6, 6.07) is 0. The van der Waals surface area contributed by atoms with E-state index in [0.29, 0.717) is 12.8 Å². The topological polar surface area (TPSA) is 72.7 Å². The molecule has 2 fully saturated rings. The van der Waals surface area contributed by atoms with Crippen molar-refractivity contribution in [3.63, 3.8) is 0 Å². The Morgan fingerprint density at radius 2 is 2.23 bits per heavy atom. The monoisotopic (exact) mass is 183 g/mol.